The van der Waals surface area contributed by atoms with Gasteiger partial charge in [-0.3, -0.25) is 4.79 Å². The van der Waals surface area contributed by atoms with E-state index in [2.05, 4.69) is 10.6 Å². The minimum absolute atomic E-state index is 0.0334. The Morgan fingerprint density at radius 3 is 2.50 bits per heavy atom. The Morgan fingerprint density at radius 2 is 1.89 bits per heavy atom. The molecular formula is C20H22ClF3N2O2. The number of carbonyl (C=O) groups is 1. The van der Waals surface area contributed by atoms with Crippen molar-refractivity contribution in [3.63, 3.8) is 0 Å². The van der Waals surface area contributed by atoms with Gasteiger partial charge in [0.2, 0.25) is 0 Å². The Bertz CT molecular complexity index is 827. The first-order chi connectivity index (χ1) is 13.1. The van der Waals surface area contributed by atoms with E-state index in [0.29, 0.717) is 16.3 Å². The summed E-state index contributed by atoms with van der Waals surface area (Å²) in [5.41, 5.74) is 1.72. The van der Waals surface area contributed by atoms with E-state index < -0.39 is 18.2 Å². The van der Waals surface area contributed by atoms with Gasteiger partial charge in [0.05, 0.1) is 6.42 Å². The molecule has 3 N–H and O–H groups in total. The minimum atomic E-state index is -4.50. The van der Waals surface area contributed by atoms with E-state index >= 15 is 0 Å². The SMILES string of the molecule is Cc1cc(C(Nc2cccc(C(C)NCCC(=O)O)c2)C(F)(F)F)ccc1Cl. The fourth-order valence-corrected chi connectivity index (χ4v) is 2.90. The lowest BCUT2D eigenvalue weighted by molar-refractivity contribution is -0.144. The zero-order valence-electron chi connectivity index (χ0n) is 15.5. The van der Waals surface area contributed by atoms with Crippen molar-refractivity contribution in [3.05, 3.63) is 64.2 Å². The summed E-state index contributed by atoms with van der Waals surface area (Å²) in [5.74, 6) is -0.915. The molecule has 4 nitrogen and oxygen atoms in total. The maximum Gasteiger partial charge on any atom is 0.412 e. The van der Waals surface area contributed by atoms with Crippen LogP contribution in [0.5, 0.6) is 0 Å². The predicted molar refractivity (Wildman–Crippen MR) is 104 cm³/mol. The van der Waals surface area contributed by atoms with Crippen LogP contribution in [-0.2, 0) is 4.79 Å². The van der Waals surface area contributed by atoms with E-state index in [9.17, 15) is 18.0 Å². The fraction of sp³-hybridized carbons (Fsp3) is 0.350. The normalized spacial score (nSPS) is 13.8. The average molecular weight is 415 g/mol. The molecule has 2 aromatic rings. The van der Waals surface area contributed by atoms with Crippen molar-refractivity contribution in [2.75, 3.05) is 11.9 Å². The summed E-state index contributed by atoms with van der Waals surface area (Å²) < 4.78 is 41.0. The summed E-state index contributed by atoms with van der Waals surface area (Å²) in [4.78, 5) is 10.6. The number of hydrogen-bond donors (Lipinski definition) is 3. The number of aliphatic carboxylic acids is 1. The van der Waals surface area contributed by atoms with Crippen molar-refractivity contribution in [1.82, 2.24) is 5.32 Å². The molecule has 0 spiro atoms. The number of carboxylic acid groups (broad SMARTS) is 1. The summed E-state index contributed by atoms with van der Waals surface area (Å²) in [5, 5.41) is 14.7. The first kappa shape index (κ1) is 22.0. The van der Waals surface area contributed by atoms with Gasteiger partial charge in [-0.2, -0.15) is 13.2 Å². The van der Waals surface area contributed by atoms with Gasteiger partial charge in [0, 0.05) is 23.3 Å². The monoisotopic (exact) mass is 414 g/mol. The first-order valence-corrected chi connectivity index (χ1v) is 9.10. The largest absolute Gasteiger partial charge is 0.481 e. The Balaban J connectivity index is 2.20. The molecule has 0 heterocycles. The van der Waals surface area contributed by atoms with E-state index in [-0.39, 0.29) is 24.6 Å². The summed E-state index contributed by atoms with van der Waals surface area (Å²) in [6.45, 7) is 3.75. The molecule has 0 radical (unpaired) electrons. The quantitative estimate of drug-likeness (QED) is 0.534. The molecule has 0 aromatic heterocycles. The number of nitrogens with one attached hydrogen (secondary N) is 2. The number of rotatable bonds is 8. The molecule has 0 saturated carbocycles. The molecule has 2 aromatic carbocycles. The van der Waals surface area contributed by atoms with Gasteiger partial charge >= 0.3 is 12.1 Å². The van der Waals surface area contributed by atoms with Crippen LogP contribution in [-0.4, -0.2) is 23.8 Å². The summed E-state index contributed by atoms with van der Waals surface area (Å²) in [6, 6.07) is 8.78. The predicted octanol–water partition coefficient (Wildman–Crippen LogP) is 5.49. The second-order valence-corrected chi connectivity index (χ2v) is 6.98. The third kappa shape index (κ3) is 6.14. The first-order valence-electron chi connectivity index (χ1n) is 8.72. The van der Waals surface area contributed by atoms with Crippen LogP contribution in [0.4, 0.5) is 18.9 Å². The van der Waals surface area contributed by atoms with Crippen LogP contribution in [0, 0.1) is 6.92 Å². The Hall–Kier alpha value is -2.25. The topological polar surface area (TPSA) is 61.4 Å². The molecule has 0 bridgehead atoms. The molecular weight excluding hydrogens is 393 g/mol. The van der Waals surface area contributed by atoms with Crippen molar-refractivity contribution in [2.24, 2.45) is 0 Å². The van der Waals surface area contributed by atoms with Gasteiger partial charge in [-0.05, 0) is 48.7 Å². The average Bonchev–Trinajstić information content (AvgIpc) is 2.61. The summed E-state index contributed by atoms with van der Waals surface area (Å²) in [6.07, 6.45) is -4.53. The standard InChI is InChI=1S/C20H22ClF3N2O2/c1-12-10-15(6-7-17(12)21)19(20(22,23)24)26-16-5-3-4-14(11-16)13(2)25-9-8-18(27)28/h3-7,10-11,13,19,25-26H,8-9H2,1-2H3,(H,27,28). The van der Waals surface area contributed by atoms with Crippen LogP contribution in [0.2, 0.25) is 5.02 Å². The molecule has 28 heavy (non-hydrogen) atoms. The van der Waals surface area contributed by atoms with Gasteiger partial charge in [0.15, 0.2) is 0 Å². The van der Waals surface area contributed by atoms with Crippen LogP contribution in [0.3, 0.4) is 0 Å². The maximum absolute atomic E-state index is 13.7. The third-order valence-corrected chi connectivity index (χ3v) is 4.75. The molecule has 2 rings (SSSR count). The lowest BCUT2D eigenvalue weighted by Gasteiger charge is -2.24. The van der Waals surface area contributed by atoms with Crippen LogP contribution < -0.4 is 10.6 Å². The van der Waals surface area contributed by atoms with Crippen molar-refractivity contribution < 1.29 is 23.1 Å². The highest BCUT2D eigenvalue weighted by atomic mass is 35.5. The molecule has 2 atom stereocenters. The van der Waals surface area contributed by atoms with Crippen LogP contribution in [0.15, 0.2) is 42.5 Å². The van der Waals surface area contributed by atoms with Crippen molar-refractivity contribution in [2.45, 2.75) is 38.5 Å². The van der Waals surface area contributed by atoms with Crippen LogP contribution in [0.1, 0.15) is 42.1 Å². The number of anilines is 1. The zero-order chi connectivity index (χ0) is 20.9. The molecule has 0 aliphatic heterocycles. The number of benzene rings is 2. The molecule has 8 heteroatoms. The second kappa shape index (κ2) is 9.30. The van der Waals surface area contributed by atoms with E-state index in [1.807, 2.05) is 6.92 Å². The Labute approximate surface area is 166 Å². The number of aryl methyl sites for hydroxylation is 1. The van der Waals surface area contributed by atoms with Gasteiger partial charge < -0.3 is 15.7 Å². The number of carboxylic acids is 1. The fourth-order valence-electron chi connectivity index (χ4n) is 2.78. The van der Waals surface area contributed by atoms with Crippen LogP contribution >= 0.6 is 11.6 Å². The van der Waals surface area contributed by atoms with E-state index in [0.717, 1.165) is 5.56 Å². The lowest BCUT2D eigenvalue weighted by atomic mass is 10.0. The van der Waals surface area contributed by atoms with E-state index in [1.54, 1.807) is 31.2 Å². The minimum Gasteiger partial charge on any atom is -0.481 e. The molecule has 0 aliphatic rings. The van der Waals surface area contributed by atoms with Crippen molar-refractivity contribution in [3.8, 4) is 0 Å². The highest BCUT2D eigenvalue weighted by molar-refractivity contribution is 6.31. The van der Waals surface area contributed by atoms with Gasteiger partial charge in [-0.25, -0.2) is 0 Å². The van der Waals surface area contributed by atoms with Crippen molar-refractivity contribution >= 4 is 23.3 Å². The van der Waals surface area contributed by atoms with E-state index in [4.69, 9.17) is 16.7 Å². The zero-order valence-corrected chi connectivity index (χ0v) is 16.2. The molecule has 0 saturated heterocycles. The molecule has 2 unspecified atom stereocenters. The maximum atomic E-state index is 13.7. The third-order valence-electron chi connectivity index (χ3n) is 4.33. The molecule has 152 valence electrons. The Morgan fingerprint density at radius 1 is 1.18 bits per heavy atom. The molecule has 0 aliphatic carbocycles. The van der Waals surface area contributed by atoms with Gasteiger partial charge in [0.25, 0.3) is 0 Å². The van der Waals surface area contributed by atoms with Gasteiger partial charge in [-0.1, -0.05) is 35.9 Å². The smallest absolute Gasteiger partial charge is 0.412 e. The molecule has 0 amide bonds. The van der Waals surface area contributed by atoms with Gasteiger partial charge in [-0.15, -0.1) is 0 Å². The Kier molecular flexibility index (Phi) is 7.32. The lowest BCUT2D eigenvalue weighted by Crippen LogP contribution is -2.28. The number of hydrogen-bond acceptors (Lipinski definition) is 3. The van der Waals surface area contributed by atoms with E-state index in [1.165, 1.54) is 18.2 Å². The highest BCUT2D eigenvalue weighted by Crippen LogP contribution is 2.37. The van der Waals surface area contributed by atoms with Crippen LogP contribution in [0.25, 0.3) is 0 Å². The summed E-state index contributed by atoms with van der Waals surface area (Å²) >= 11 is 5.93. The van der Waals surface area contributed by atoms with Gasteiger partial charge in [0.1, 0.15) is 6.04 Å². The highest BCUT2D eigenvalue weighted by Gasteiger charge is 2.41. The summed E-state index contributed by atoms with van der Waals surface area (Å²) in [7, 11) is 0. The number of halogens is 4. The molecule has 0 fully saturated rings. The number of alkyl halides is 3. The van der Waals surface area contributed by atoms with Crippen molar-refractivity contribution in [1.29, 1.82) is 0 Å². The second-order valence-electron chi connectivity index (χ2n) is 6.57.